The molecule has 3 rings (SSSR count). The van der Waals surface area contributed by atoms with Crippen LogP contribution in [0.1, 0.15) is 6.42 Å². The molecule has 1 fully saturated rings. The fraction of sp³-hybridized carbons (Fsp3) is 0.263. The number of hydrogen-bond acceptors (Lipinski definition) is 3. The van der Waals surface area contributed by atoms with E-state index in [1.54, 1.807) is 36.4 Å². The van der Waals surface area contributed by atoms with E-state index < -0.39 is 30.5 Å². The summed E-state index contributed by atoms with van der Waals surface area (Å²) >= 11 is 5.99. The van der Waals surface area contributed by atoms with Crippen molar-refractivity contribution in [2.45, 2.75) is 12.6 Å². The van der Waals surface area contributed by atoms with Crippen LogP contribution >= 0.6 is 11.6 Å². The number of amides is 2. The maximum atomic E-state index is 12.5. The van der Waals surface area contributed by atoms with Crippen molar-refractivity contribution in [3.05, 3.63) is 53.6 Å². The number of para-hydroxylation sites is 1. The van der Waals surface area contributed by atoms with Crippen LogP contribution in [-0.4, -0.2) is 36.0 Å². The summed E-state index contributed by atoms with van der Waals surface area (Å²) in [5.74, 6) is -1.31. The molecule has 0 aliphatic carbocycles. The zero-order valence-electron chi connectivity index (χ0n) is 14.5. The Morgan fingerprint density at radius 2 is 1.93 bits per heavy atom. The lowest BCUT2D eigenvalue weighted by Crippen LogP contribution is -2.36. The number of anilines is 1. The summed E-state index contributed by atoms with van der Waals surface area (Å²) in [6.45, 7) is -1.66. The minimum atomic E-state index is -4.51. The Bertz CT molecular complexity index is 874. The van der Waals surface area contributed by atoms with Crippen LogP contribution in [0.4, 0.5) is 18.9 Å². The molecular formula is C19H16ClF3N2O3. The second-order valence-corrected chi connectivity index (χ2v) is 6.77. The van der Waals surface area contributed by atoms with E-state index in [4.69, 9.17) is 16.3 Å². The predicted octanol–water partition coefficient (Wildman–Crippen LogP) is 4.48. The van der Waals surface area contributed by atoms with E-state index in [1.165, 1.54) is 6.07 Å². The molecule has 5 nitrogen and oxygen atoms in total. The molecule has 0 spiro atoms. The minimum absolute atomic E-state index is 0.267. The van der Waals surface area contributed by atoms with Crippen LogP contribution in [0.5, 0.6) is 11.5 Å². The highest BCUT2D eigenvalue weighted by molar-refractivity contribution is 6.31. The van der Waals surface area contributed by atoms with Crippen LogP contribution in [0.3, 0.4) is 0 Å². The third-order valence-corrected chi connectivity index (χ3v) is 4.36. The molecule has 1 saturated heterocycles. The molecule has 2 amide bonds. The molecule has 1 unspecified atom stereocenters. The number of nitrogens with one attached hydrogen (secondary N) is 1. The van der Waals surface area contributed by atoms with Gasteiger partial charge in [-0.25, -0.2) is 0 Å². The summed E-state index contributed by atoms with van der Waals surface area (Å²) in [6, 6.07) is 13.5. The van der Waals surface area contributed by atoms with E-state index in [0.29, 0.717) is 21.4 Å². The summed E-state index contributed by atoms with van der Waals surface area (Å²) in [4.78, 5) is 24.9. The Kier molecular flexibility index (Phi) is 5.79. The van der Waals surface area contributed by atoms with Crippen LogP contribution in [-0.2, 0) is 9.59 Å². The second kappa shape index (κ2) is 8.10. The van der Waals surface area contributed by atoms with Gasteiger partial charge in [-0.05, 0) is 30.3 Å². The molecule has 2 aromatic rings. The van der Waals surface area contributed by atoms with Crippen molar-refractivity contribution in [2.75, 3.05) is 18.4 Å². The summed E-state index contributed by atoms with van der Waals surface area (Å²) in [5.41, 5.74) is 0.267. The quantitative estimate of drug-likeness (QED) is 0.787. The molecule has 0 saturated carbocycles. The average Bonchev–Trinajstić information content (AvgIpc) is 2.97. The number of halogens is 4. The van der Waals surface area contributed by atoms with Gasteiger partial charge in [0.05, 0.1) is 11.6 Å². The first-order chi connectivity index (χ1) is 13.2. The summed E-state index contributed by atoms with van der Waals surface area (Å²) in [7, 11) is 0. The van der Waals surface area contributed by atoms with Gasteiger partial charge >= 0.3 is 6.18 Å². The molecule has 148 valence electrons. The first-order valence-electron chi connectivity index (χ1n) is 8.39. The Balaban J connectivity index is 1.72. The number of likely N-dealkylation sites (tertiary alicyclic amines) is 1. The lowest BCUT2D eigenvalue weighted by Gasteiger charge is -2.18. The molecule has 2 aromatic carbocycles. The van der Waals surface area contributed by atoms with Crippen LogP contribution in [0.25, 0.3) is 0 Å². The van der Waals surface area contributed by atoms with Crippen LogP contribution in [0, 0.1) is 5.92 Å². The van der Waals surface area contributed by atoms with Gasteiger partial charge in [0.15, 0.2) is 5.75 Å². The van der Waals surface area contributed by atoms with Crippen LogP contribution < -0.4 is 10.1 Å². The van der Waals surface area contributed by atoms with E-state index in [1.807, 2.05) is 6.07 Å². The van der Waals surface area contributed by atoms with Crippen molar-refractivity contribution in [1.29, 1.82) is 0 Å². The van der Waals surface area contributed by atoms with Crippen molar-refractivity contribution in [1.82, 2.24) is 4.90 Å². The van der Waals surface area contributed by atoms with Gasteiger partial charge in [0.25, 0.3) is 0 Å². The highest BCUT2D eigenvalue weighted by Crippen LogP contribution is 2.33. The molecule has 1 atom stereocenters. The fourth-order valence-corrected chi connectivity index (χ4v) is 3.03. The van der Waals surface area contributed by atoms with Gasteiger partial charge in [-0.15, -0.1) is 0 Å². The van der Waals surface area contributed by atoms with E-state index >= 15 is 0 Å². The molecule has 0 aromatic heterocycles. The highest BCUT2D eigenvalue weighted by atomic mass is 35.5. The Morgan fingerprint density at radius 1 is 1.21 bits per heavy atom. The van der Waals surface area contributed by atoms with Crippen molar-refractivity contribution in [3.8, 4) is 11.5 Å². The molecule has 9 heteroatoms. The molecule has 1 aliphatic rings. The number of ether oxygens (including phenoxy) is 1. The standard InChI is InChI=1S/C19H16ClF3N2O3/c20-13-6-7-16(28-14-4-2-1-3-5-14)15(9-13)24-18(27)12-8-17(26)25(10-12)11-19(21,22)23/h1-7,9,12H,8,10-11H2,(H,24,27). The van der Waals surface area contributed by atoms with Gasteiger partial charge in [-0.1, -0.05) is 29.8 Å². The number of hydrogen-bond donors (Lipinski definition) is 1. The molecular weight excluding hydrogens is 397 g/mol. The predicted molar refractivity (Wildman–Crippen MR) is 97.3 cm³/mol. The first-order valence-corrected chi connectivity index (χ1v) is 8.77. The summed E-state index contributed by atoms with van der Waals surface area (Å²) in [6.07, 6.45) is -4.79. The first kappa shape index (κ1) is 20.0. The zero-order chi connectivity index (χ0) is 20.3. The molecule has 1 N–H and O–H groups in total. The van der Waals surface area contributed by atoms with Gasteiger partial charge in [-0.2, -0.15) is 13.2 Å². The number of rotatable bonds is 5. The third kappa shape index (κ3) is 5.16. The lowest BCUT2D eigenvalue weighted by atomic mass is 10.1. The Hall–Kier alpha value is -2.74. The highest BCUT2D eigenvalue weighted by Gasteiger charge is 2.40. The van der Waals surface area contributed by atoms with Gasteiger partial charge in [0.2, 0.25) is 11.8 Å². The van der Waals surface area contributed by atoms with Crippen molar-refractivity contribution < 1.29 is 27.5 Å². The Labute approximate surface area is 164 Å². The topological polar surface area (TPSA) is 58.6 Å². The van der Waals surface area contributed by atoms with Crippen molar-refractivity contribution >= 4 is 29.1 Å². The lowest BCUT2D eigenvalue weighted by molar-refractivity contribution is -0.157. The monoisotopic (exact) mass is 412 g/mol. The van der Waals surface area contributed by atoms with Crippen LogP contribution in [0.15, 0.2) is 48.5 Å². The average molecular weight is 413 g/mol. The number of benzene rings is 2. The van der Waals surface area contributed by atoms with E-state index in [-0.39, 0.29) is 18.7 Å². The number of carbonyl (C=O) groups excluding carboxylic acids is 2. The molecule has 1 aliphatic heterocycles. The zero-order valence-corrected chi connectivity index (χ0v) is 15.3. The second-order valence-electron chi connectivity index (χ2n) is 6.34. The number of carbonyl (C=O) groups is 2. The fourth-order valence-electron chi connectivity index (χ4n) is 2.86. The van der Waals surface area contributed by atoms with E-state index in [9.17, 15) is 22.8 Å². The molecule has 0 radical (unpaired) electrons. The van der Waals surface area contributed by atoms with Crippen molar-refractivity contribution in [2.24, 2.45) is 5.92 Å². The molecule has 28 heavy (non-hydrogen) atoms. The maximum Gasteiger partial charge on any atom is 0.406 e. The number of nitrogens with zero attached hydrogens (tertiary/aromatic N) is 1. The smallest absolute Gasteiger partial charge is 0.406 e. The Morgan fingerprint density at radius 3 is 2.61 bits per heavy atom. The molecule has 0 bridgehead atoms. The third-order valence-electron chi connectivity index (χ3n) is 4.13. The van der Waals surface area contributed by atoms with Crippen LogP contribution in [0.2, 0.25) is 5.02 Å². The minimum Gasteiger partial charge on any atom is -0.455 e. The normalized spacial score (nSPS) is 16.9. The van der Waals surface area contributed by atoms with E-state index in [0.717, 1.165) is 0 Å². The van der Waals surface area contributed by atoms with Gasteiger partial charge in [-0.3, -0.25) is 9.59 Å². The van der Waals surface area contributed by atoms with Crippen molar-refractivity contribution in [3.63, 3.8) is 0 Å². The van der Waals surface area contributed by atoms with Gasteiger partial charge in [0.1, 0.15) is 12.3 Å². The SMILES string of the molecule is O=C(Nc1cc(Cl)ccc1Oc1ccccc1)C1CC(=O)N(CC(F)(F)F)C1. The molecule has 1 heterocycles. The van der Waals surface area contributed by atoms with Gasteiger partial charge in [0, 0.05) is 18.0 Å². The number of alkyl halides is 3. The summed E-state index contributed by atoms with van der Waals surface area (Å²) < 4.78 is 43.3. The largest absolute Gasteiger partial charge is 0.455 e. The van der Waals surface area contributed by atoms with Gasteiger partial charge < -0.3 is 15.0 Å². The maximum absolute atomic E-state index is 12.5. The van der Waals surface area contributed by atoms with E-state index in [2.05, 4.69) is 5.32 Å². The summed E-state index contributed by atoms with van der Waals surface area (Å²) in [5, 5.41) is 2.95.